The maximum atomic E-state index is 11.1. The molecule has 0 bridgehead atoms. The number of hydrogen-bond donors (Lipinski definition) is 2. The van der Waals surface area contributed by atoms with Crippen LogP contribution in [0.15, 0.2) is 0 Å². The Morgan fingerprint density at radius 1 is 1.40 bits per heavy atom. The average Bonchev–Trinajstić information content (AvgIpc) is 2.28. The summed E-state index contributed by atoms with van der Waals surface area (Å²) < 4.78 is 5.03. The first-order valence-electron chi connectivity index (χ1n) is 5.52. The van der Waals surface area contributed by atoms with Gasteiger partial charge in [-0.15, -0.1) is 0 Å². The van der Waals surface area contributed by atoms with Crippen molar-refractivity contribution in [1.82, 2.24) is 10.2 Å². The van der Waals surface area contributed by atoms with Crippen molar-refractivity contribution in [3.63, 3.8) is 0 Å². The second-order valence-electron chi connectivity index (χ2n) is 3.64. The van der Waals surface area contributed by atoms with Crippen molar-refractivity contribution in [2.24, 2.45) is 0 Å². The van der Waals surface area contributed by atoms with E-state index < -0.39 is 0 Å². The fourth-order valence-corrected chi connectivity index (χ4v) is 1.52. The maximum absolute atomic E-state index is 11.1. The van der Waals surface area contributed by atoms with Crippen LogP contribution in [0.4, 0.5) is 0 Å². The second-order valence-corrected chi connectivity index (χ2v) is 3.64. The standard InChI is InChI=1S/C10H20N2O3/c13-8-1-2-10(14)15-9-7-12-5-3-11-4-6-12/h11,13H,1-9H2. The predicted octanol–water partition coefficient (Wildman–Crippen LogP) is -0.793. The third kappa shape index (κ3) is 5.71. The van der Waals surface area contributed by atoms with Gasteiger partial charge in [0.2, 0.25) is 0 Å². The highest BCUT2D eigenvalue weighted by Gasteiger charge is 2.09. The Labute approximate surface area is 90.4 Å². The maximum Gasteiger partial charge on any atom is 0.305 e. The van der Waals surface area contributed by atoms with E-state index in [0.717, 1.165) is 32.7 Å². The molecule has 1 rings (SSSR count). The van der Waals surface area contributed by atoms with E-state index in [2.05, 4.69) is 10.2 Å². The number of rotatable bonds is 6. The number of carbonyl (C=O) groups is 1. The van der Waals surface area contributed by atoms with Gasteiger partial charge in [-0.1, -0.05) is 0 Å². The smallest absolute Gasteiger partial charge is 0.305 e. The molecule has 0 atom stereocenters. The van der Waals surface area contributed by atoms with Crippen LogP contribution in [0.2, 0.25) is 0 Å². The molecule has 1 aliphatic rings. The molecule has 0 aromatic carbocycles. The van der Waals surface area contributed by atoms with Crippen molar-refractivity contribution in [1.29, 1.82) is 0 Å². The van der Waals surface area contributed by atoms with Gasteiger partial charge in [-0.05, 0) is 6.42 Å². The molecule has 5 heteroatoms. The predicted molar refractivity (Wildman–Crippen MR) is 56.6 cm³/mol. The highest BCUT2D eigenvalue weighted by molar-refractivity contribution is 5.69. The first kappa shape index (κ1) is 12.4. The quantitative estimate of drug-likeness (QED) is 0.570. The lowest BCUT2D eigenvalue weighted by atomic mass is 10.3. The van der Waals surface area contributed by atoms with Crippen LogP contribution in [0.25, 0.3) is 0 Å². The van der Waals surface area contributed by atoms with Gasteiger partial charge in [-0.2, -0.15) is 0 Å². The summed E-state index contributed by atoms with van der Waals surface area (Å²) in [5, 5.41) is 11.8. The Kier molecular flexibility index (Phi) is 6.31. The molecule has 0 saturated carbocycles. The normalized spacial score (nSPS) is 17.7. The summed E-state index contributed by atoms with van der Waals surface area (Å²) in [6.45, 7) is 5.39. The first-order chi connectivity index (χ1) is 7.33. The lowest BCUT2D eigenvalue weighted by Crippen LogP contribution is -2.44. The van der Waals surface area contributed by atoms with Crippen molar-refractivity contribution < 1.29 is 14.6 Å². The summed E-state index contributed by atoms with van der Waals surface area (Å²) in [5.41, 5.74) is 0. The average molecular weight is 216 g/mol. The van der Waals surface area contributed by atoms with E-state index in [1.165, 1.54) is 0 Å². The van der Waals surface area contributed by atoms with Gasteiger partial charge in [0.05, 0.1) is 0 Å². The summed E-state index contributed by atoms with van der Waals surface area (Å²) in [5.74, 6) is -0.209. The number of nitrogens with one attached hydrogen (secondary N) is 1. The van der Waals surface area contributed by atoms with Crippen LogP contribution in [-0.2, 0) is 9.53 Å². The Hall–Kier alpha value is -0.650. The highest BCUT2D eigenvalue weighted by atomic mass is 16.5. The molecule has 1 heterocycles. The van der Waals surface area contributed by atoms with E-state index >= 15 is 0 Å². The summed E-state index contributed by atoms with van der Waals surface area (Å²) >= 11 is 0. The third-order valence-corrected chi connectivity index (χ3v) is 2.42. The molecule has 0 unspecified atom stereocenters. The number of hydrogen-bond acceptors (Lipinski definition) is 5. The first-order valence-corrected chi connectivity index (χ1v) is 5.52. The molecule has 1 aliphatic heterocycles. The van der Waals surface area contributed by atoms with Crippen molar-refractivity contribution in [2.45, 2.75) is 12.8 Å². The summed E-state index contributed by atoms with van der Waals surface area (Å²) in [6.07, 6.45) is 0.810. The topological polar surface area (TPSA) is 61.8 Å². The van der Waals surface area contributed by atoms with Gasteiger partial charge in [0, 0.05) is 45.8 Å². The minimum atomic E-state index is -0.209. The number of aliphatic hydroxyl groups excluding tert-OH is 1. The van der Waals surface area contributed by atoms with Gasteiger partial charge in [-0.25, -0.2) is 0 Å². The van der Waals surface area contributed by atoms with E-state index in [0.29, 0.717) is 19.4 Å². The fourth-order valence-electron chi connectivity index (χ4n) is 1.52. The zero-order valence-electron chi connectivity index (χ0n) is 9.07. The molecule has 0 amide bonds. The lowest BCUT2D eigenvalue weighted by Gasteiger charge is -2.26. The fraction of sp³-hybridized carbons (Fsp3) is 0.900. The number of aliphatic hydroxyl groups is 1. The van der Waals surface area contributed by atoms with Gasteiger partial charge < -0.3 is 15.2 Å². The molecule has 1 saturated heterocycles. The SMILES string of the molecule is O=C(CCCO)OCCN1CCNCC1. The number of carbonyl (C=O) groups excluding carboxylic acids is 1. The van der Waals surface area contributed by atoms with E-state index in [-0.39, 0.29) is 12.6 Å². The lowest BCUT2D eigenvalue weighted by molar-refractivity contribution is -0.144. The Morgan fingerprint density at radius 3 is 2.80 bits per heavy atom. The molecule has 5 nitrogen and oxygen atoms in total. The van der Waals surface area contributed by atoms with Crippen LogP contribution in [0.3, 0.4) is 0 Å². The minimum absolute atomic E-state index is 0.0485. The molecule has 0 radical (unpaired) electrons. The van der Waals surface area contributed by atoms with Crippen molar-refractivity contribution >= 4 is 5.97 Å². The van der Waals surface area contributed by atoms with Gasteiger partial charge in [0.25, 0.3) is 0 Å². The second kappa shape index (κ2) is 7.62. The van der Waals surface area contributed by atoms with Crippen LogP contribution in [0, 0.1) is 0 Å². The molecule has 88 valence electrons. The molecule has 0 aliphatic carbocycles. The van der Waals surface area contributed by atoms with Crippen molar-refractivity contribution in [3.05, 3.63) is 0 Å². The molecule has 2 N–H and O–H groups in total. The summed E-state index contributed by atoms with van der Waals surface area (Å²) in [7, 11) is 0. The molecule has 0 spiro atoms. The number of piperazine rings is 1. The van der Waals surface area contributed by atoms with Crippen molar-refractivity contribution in [3.8, 4) is 0 Å². The number of ether oxygens (including phenoxy) is 1. The van der Waals surface area contributed by atoms with E-state index in [1.54, 1.807) is 0 Å². The van der Waals surface area contributed by atoms with Crippen LogP contribution < -0.4 is 5.32 Å². The van der Waals surface area contributed by atoms with Gasteiger partial charge in [0.15, 0.2) is 0 Å². The summed E-state index contributed by atoms with van der Waals surface area (Å²) in [6, 6.07) is 0. The van der Waals surface area contributed by atoms with Crippen LogP contribution in [-0.4, -0.2) is 61.9 Å². The van der Waals surface area contributed by atoms with E-state index in [9.17, 15) is 4.79 Å². The molecular formula is C10H20N2O3. The van der Waals surface area contributed by atoms with Crippen LogP contribution in [0.5, 0.6) is 0 Å². The third-order valence-electron chi connectivity index (χ3n) is 2.42. The zero-order valence-corrected chi connectivity index (χ0v) is 9.07. The molecule has 1 fully saturated rings. The Balaban J connectivity index is 1.97. The largest absolute Gasteiger partial charge is 0.464 e. The van der Waals surface area contributed by atoms with Gasteiger partial charge >= 0.3 is 5.97 Å². The Bertz CT molecular complexity index is 182. The highest BCUT2D eigenvalue weighted by Crippen LogP contribution is 1.94. The van der Waals surface area contributed by atoms with Gasteiger partial charge in [-0.3, -0.25) is 9.69 Å². The van der Waals surface area contributed by atoms with E-state index in [1.807, 2.05) is 0 Å². The monoisotopic (exact) mass is 216 g/mol. The zero-order chi connectivity index (χ0) is 10.9. The molecular weight excluding hydrogens is 196 g/mol. The molecule has 0 aromatic rings. The number of esters is 1. The number of nitrogens with zero attached hydrogens (tertiary/aromatic N) is 1. The van der Waals surface area contributed by atoms with Crippen LogP contribution in [0.1, 0.15) is 12.8 Å². The molecule has 15 heavy (non-hydrogen) atoms. The summed E-state index contributed by atoms with van der Waals surface area (Å²) in [4.78, 5) is 13.4. The van der Waals surface area contributed by atoms with Crippen molar-refractivity contribution in [2.75, 3.05) is 45.9 Å². The minimum Gasteiger partial charge on any atom is -0.464 e. The van der Waals surface area contributed by atoms with Crippen LogP contribution >= 0.6 is 0 Å². The Morgan fingerprint density at radius 2 is 2.13 bits per heavy atom. The van der Waals surface area contributed by atoms with E-state index in [4.69, 9.17) is 9.84 Å². The molecule has 0 aromatic heterocycles. The van der Waals surface area contributed by atoms with Gasteiger partial charge in [0.1, 0.15) is 6.61 Å².